The number of hydrogen-bond acceptors (Lipinski definition) is 2. The highest BCUT2D eigenvalue weighted by Crippen LogP contribution is 2.34. The lowest BCUT2D eigenvalue weighted by molar-refractivity contribution is 0.666. The van der Waals surface area contributed by atoms with Crippen LogP contribution in [-0.4, -0.2) is 9.55 Å². The molecular formula is C23H14N2O. The number of furan rings is 1. The summed E-state index contributed by atoms with van der Waals surface area (Å²) in [4.78, 5) is 4.71. The molecule has 3 heterocycles. The van der Waals surface area contributed by atoms with E-state index in [9.17, 15) is 0 Å². The van der Waals surface area contributed by atoms with E-state index in [0.29, 0.717) is 0 Å². The van der Waals surface area contributed by atoms with Crippen molar-refractivity contribution >= 4 is 43.7 Å². The summed E-state index contributed by atoms with van der Waals surface area (Å²) in [5.41, 5.74) is 4.03. The monoisotopic (exact) mass is 334 g/mol. The van der Waals surface area contributed by atoms with Crippen LogP contribution in [-0.2, 0) is 0 Å². The summed E-state index contributed by atoms with van der Waals surface area (Å²) >= 11 is 0. The smallest absolute Gasteiger partial charge is 0.153 e. The van der Waals surface area contributed by atoms with Gasteiger partial charge in [-0.2, -0.15) is 0 Å². The molecule has 0 saturated carbocycles. The number of pyridine rings is 1. The minimum atomic E-state index is 0.815. The van der Waals surface area contributed by atoms with Crippen LogP contribution in [0.4, 0.5) is 0 Å². The summed E-state index contributed by atoms with van der Waals surface area (Å²) in [6.07, 6.45) is 1.83. The highest BCUT2D eigenvalue weighted by atomic mass is 16.3. The second-order valence-electron chi connectivity index (χ2n) is 6.51. The van der Waals surface area contributed by atoms with Gasteiger partial charge in [-0.3, -0.25) is 4.57 Å². The average Bonchev–Trinajstić information content (AvgIpc) is 3.23. The lowest BCUT2D eigenvalue weighted by Crippen LogP contribution is -1.96. The number of fused-ring (bicyclic) bond motifs is 6. The van der Waals surface area contributed by atoms with E-state index in [0.717, 1.165) is 38.8 Å². The first-order chi connectivity index (χ1) is 12.9. The van der Waals surface area contributed by atoms with Gasteiger partial charge in [-0.25, -0.2) is 4.98 Å². The van der Waals surface area contributed by atoms with Crippen LogP contribution >= 0.6 is 0 Å². The van der Waals surface area contributed by atoms with Gasteiger partial charge < -0.3 is 4.42 Å². The first-order valence-corrected chi connectivity index (χ1v) is 8.66. The number of para-hydroxylation sites is 3. The van der Waals surface area contributed by atoms with E-state index in [4.69, 9.17) is 9.40 Å². The molecule has 0 amide bonds. The second kappa shape index (κ2) is 4.96. The molecule has 0 atom stereocenters. The number of hydrogen-bond donors (Lipinski definition) is 0. The van der Waals surface area contributed by atoms with Crippen LogP contribution in [0.1, 0.15) is 0 Å². The molecule has 0 unspecified atom stereocenters. The minimum Gasteiger partial charge on any atom is -0.454 e. The Morgan fingerprint density at radius 3 is 1.96 bits per heavy atom. The van der Waals surface area contributed by atoms with Crippen LogP contribution in [0.15, 0.2) is 89.5 Å². The van der Waals surface area contributed by atoms with Crippen molar-refractivity contribution in [1.82, 2.24) is 9.55 Å². The molecule has 0 fully saturated rings. The van der Waals surface area contributed by atoms with E-state index in [1.165, 1.54) is 10.8 Å². The predicted octanol–water partition coefficient (Wildman–Crippen LogP) is 6.08. The van der Waals surface area contributed by atoms with Crippen molar-refractivity contribution in [3.8, 4) is 5.82 Å². The number of benzene rings is 3. The maximum atomic E-state index is 5.93. The zero-order valence-corrected chi connectivity index (χ0v) is 13.9. The summed E-state index contributed by atoms with van der Waals surface area (Å²) in [5.74, 6) is 0.904. The first-order valence-electron chi connectivity index (χ1n) is 8.66. The molecular weight excluding hydrogens is 320 g/mol. The highest BCUT2D eigenvalue weighted by molar-refractivity contribution is 6.10. The van der Waals surface area contributed by atoms with Crippen molar-refractivity contribution in [2.45, 2.75) is 0 Å². The number of rotatable bonds is 1. The summed E-state index contributed by atoms with van der Waals surface area (Å²) in [5, 5.41) is 4.68. The Kier molecular flexibility index (Phi) is 2.61. The zero-order chi connectivity index (χ0) is 17.1. The molecule has 26 heavy (non-hydrogen) atoms. The summed E-state index contributed by atoms with van der Waals surface area (Å²) in [6, 6.07) is 27.2. The second-order valence-corrected chi connectivity index (χ2v) is 6.51. The van der Waals surface area contributed by atoms with Crippen molar-refractivity contribution in [3.63, 3.8) is 0 Å². The normalized spacial score (nSPS) is 11.8. The third-order valence-corrected chi connectivity index (χ3v) is 5.06. The molecule has 0 aliphatic carbocycles. The maximum Gasteiger partial charge on any atom is 0.153 e. The molecule has 0 bridgehead atoms. The van der Waals surface area contributed by atoms with Gasteiger partial charge in [0.1, 0.15) is 11.4 Å². The van der Waals surface area contributed by atoms with Crippen LogP contribution in [0.25, 0.3) is 49.6 Å². The van der Waals surface area contributed by atoms with Crippen molar-refractivity contribution < 1.29 is 4.42 Å². The molecule has 0 aliphatic rings. The highest BCUT2D eigenvalue weighted by Gasteiger charge is 2.14. The molecule has 122 valence electrons. The Balaban J connectivity index is 1.76. The molecule has 3 nitrogen and oxygen atoms in total. The molecule has 0 spiro atoms. The van der Waals surface area contributed by atoms with Gasteiger partial charge >= 0.3 is 0 Å². The van der Waals surface area contributed by atoms with Crippen molar-refractivity contribution in [2.75, 3.05) is 0 Å². The lowest BCUT2D eigenvalue weighted by Gasteiger charge is -2.06. The fraction of sp³-hybridized carbons (Fsp3) is 0. The van der Waals surface area contributed by atoms with E-state index >= 15 is 0 Å². The Hall–Kier alpha value is -3.59. The number of nitrogens with zero attached hydrogens (tertiary/aromatic N) is 2. The SMILES string of the molecule is c1ccc2c(c1)oc1cnc(-n3c4ccccc4c4ccccc43)cc12. The van der Waals surface area contributed by atoms with E-state index in [2.05, 4.69) is 65.2 Å². The van der Waals surface area contributed by atoms with Gasteiger partial charge in [-0.05, 0) is 24.3 Å². The summed E-state index contributed by atoms with van der Waals surface area (Å²) < 4.78 is 8.16. The summed E-state index contributed by atoms with van der Waals surface area (Å²) in [7, 11) is 0. The fourth-order valence-corrected chi connectivity index (χ4v) is 3.91. The summed E-state index contributed by atoms with van der Waals surface area (Å²) in [6.45, 7) is 0. The van der Waals surface area contributed by atoms with Crippen LogP contribution in [0.3, 0.4) is 0 Å². The molecule has 6 rings (SSSR count). The van der Waals surface area contributed by atoms with E-state index in [-0.39, 0.29) is 0 Å². The van der Waals surface area contributed by atoms with Gasteiger partial charge in [0.05, 0.1) is 17.2 Å². The molecule has 6 aromatic rings. The van der Waals surface area contributed by atoms with Crippen molar-refractivity contribution in [2.24, 2.45) is 0 Å². The molecule has 0 aliphatic heterocycles. The van der Waals surface area contributed by atoms with Crippen LogP contribution in [0.5, 0.6) is 0 Å². The molecule has 0 saturated heterocycles. The van der Waals surface area contributed by atoms with Crippen molar-refractivity contribution in [1.29, 1.82) is 0 Å². The van der Waals surface area contributed by atoms with E-state index in [1.807, 2.05) is 24.4 Å². The third kappa shape index (κ3) is 1.74. The van der Waals surface area contributed by atoms with Gasteiger partial charge in [0.2, 0.25) is 0 Å². The van der Waals surface area contributed by atoms with E-state index in [1.54, 1.807) is 0 Å². The molecule has 0 N–H and O–H groups in total. The Morgan fingerprint density at radius 1 is 0.615 bits per heavy atom. The van der Waals surface area contributed by atoms with Gasteiger partial charge in [-0.1, -0.05) is 54.6 Å². The molecule has 3 aromatic carbocycles. The van der Waals surface area contributed by atoms with Gasteiger partial charge in [0, 0.05) is 21.5 Å². The minimum absolute atomic E-state index is 0.815. The van der Waals surface area contributed by atoms with E-state index < -0.39 is 0 Å². The third-order valence-electron chi connectivity index (χ3n) is 5.06. The average molecular weight is 334 g/mol. The fourth-order valence-electron chi connectivity index (χ4n) is 3.91. The van der Waals surface area contributed by atoms with Gasteiger partial charge in [0.15, 0.2) is 5.58 Å². The molecule has 3 heteroatoms. The van der Waals surface area contributed by atoms with Gasteiger partial charge in [0.25, 0.3) is 0 Å². The quantitative estimate of drug-likeness (QED) is 0.365. The van der Waals surface area contributed by atoms with Gasteiger partial charge in [-0.15, -0.1) is 0 Å². The van der Waals surface area contributed by atoms with Crippen LogP contribution < -0.4 is 0 Å². The van der Waals surface area contributed by atoms with Crippen LogP contribution in [0, 0.1) is 0 Å². The molecule has 3 aromatic heterocycles. The maximum absolute atomic E-state index is 5.93. The Labute approximate surface area is 149 Å². The Bertz CT molecular complexity index is 1390. The van der Waals surface area contributed by atoms with Crippen molar-refractivity contribution in [3.05, 3.63) is 85.1 Å². The zero-order valence-electron chi connectivity index (χ0n) is 13.9. The largest absolute Gasteiger partial charge is 0.454 e. The lowest BCUT2D eigenvalue weighted by atomic mass is 10.2. The first kappa shape index (κ1) is 13.7. The van der Waals surface area contributed by atoms with Crippen LogP contribution in [0.2, 0.25) is 0 Å². The Morgan fingerprint density at radius 2 is 1.23 bits per heavy atom. The molecule has 0 radical (unpaired) electrons. The topological polar surface area (TPSA) is 31.0 Å². The number of aromatic nitrogens is 2. The predicted molar refractivity (Wildman–Crippen MR) is 106 cm³/mol. The standard InChI is InChI=1S/C23H14N2O/c1-4-10-19-15(7-1)16-8-2-5-11-20(16)25(19)23-13-18-17-9-3-6-12-21(17)26-22(18)14-24-23/h1-14H.